The zero-order chi connectivity index (χ0) is 13.5. The molecule has 1 N–H and O–H groups in total. The van der Waals surface area contributed by atoms with Gasteiger partial charge in [0.15, 0.2) is 0 Å². The topological polar surface area (TPSA) is 36.9 Å². The van der Waals surface area contributed by atoms with E-state index in [1.807, 2.05) is 0 Å². The van der Waals surface area contributed by atoms with Crippen molar-refractivity contribution in [1.82, 2.24) is 10.2 Å². The molecule has 2 aliphatic heterocycles. The third kappa shape index (κ3) is 2.13. The van der Waals surface area contributed by atoms with Crippen LogP contribution in [-0.2, 0) is 4.74 Å². The Morgan fingerprint density at radius 1 is 1.47 bits per heavy atom. The van der Waals surface area contributed by atoms with Gasteiger partial charge in [-0.15, -0.1) is 0 Å². The molecule has 0 aromatic heterocycles. The number of ether oxygens (including phenoxy) is 1. The number of hydrogen-bond acceptors (Lipinski definition) is 4. The smallest absolute Gasteiger partial charge is 0.116 e. The minimum Gasteiger partial charge on any atom is -0.497 e. The highest BCUT2D eigenvalue weighted by Gasteiger charge is 2.49. The van der Waals surface area contributed by atoms with Crippen LogP contribution in [0.1, 0.15) is 19.3 Å². The number of allylic oxidation sites excluding steroid dienone is 2. The van der Waals surface area contributed by atoms with Crippen LogP contribution in [0.4, 0.5) is 0 Å². The van der Waals surface area contributed by atoms with Gasteiger partial charge in [0, 0.05) is 48.9 Å². The summed E-state index contributed by atoms with van der Waals surface area (Å²) in [5, 5.41) is 3.39. The zero-order valence-electron chi connectivity index (χ0n) is 11.7. The summed E-state index contributed by atoms with van der Waals surface area (Å²) >= 11 is 0. The Morgan fingerprint density at radius 2 is 2.21 bits per heavy atom. The second-order valence-corrected chi connectivity index (χ2v) is 6.12. The largest absolute Gasteiger partial charge is 0.497 e. The van der Waals surface area contributed by atoms with Crippen molar-refractivity contribution in [2.75, 3.05) is 33.3 Å². The van der Waals surface area contributed by atoms with Gasteiger partial charge in [-0.05, 0) is 26.0 Å². The van der Waals surface area contributed by atoms with Crippen molar-refractivity contribution in [3.63, 3.8) is 0 Å². The lowest BCUT2D eigenvalue weighted by Crippen LogP contribution is -2.72. The molecule has 104 valence electrons. The van der Waals surface area contributed by atoms with E-state index in [1.165, 1.54) is 38.2 Å². The quantitative estimate of drug-likeness (QED) is 0.616. The molecular formula is C15H23N3O. The molecule has 4 nitrogen and oxygen atoms in total. The van der Waals surface area contributed by atoms with E-state index < -0.39 is 0 Å². The minimum atomic E-state index is 0.596. The van der Waals surface area contributed by atoms with E-state index in [1.54, 1.807) is 7.11 Å². The summed E-state index contributed by atoms with van der Waals surface area (Å²) in [5.74, 6) is 0.757. The molecule has 1 aliphatic carbocycles. The Kier molecular flexibility index (Phi) is 3.23. The number of hydrogen-bond donors (Lipinski definition) is 1. The Balaban J connectivity index is 1.66. The summed E-state index contributed by atoms with van der Waals surface area (Å²) in [6.07, 6.45) is 3.18. The fraction of sp³-hybridized carbons (Fsp3) is 0.667. The summed E-state index contributed by atoms with van der Waals surface area (Å²) in [6.45, 7) is 12.6. The summed E-state index contributed by atoms with van der Waals surface area (Å²) in [6, 6.07) is 0.624. The second-order valence-electron chi connectivity index (χ2n) is 6.12. The maximum Gasteiger partial charge on any atom is 0.116 e. The molecule has 2 saturated heterocycles. The molecular weight excluding hydrogens is 238 g/mol. The van der Waals surface area contributed by atoms with Gasteiger partial charge < -0.3 is 10.1 Å². The first-order valence-electron chi connectivity index (χ1n) is 7.04. The first-order valence-corrected chi connectivity index (χ1v) is 7.04. The van der Waals surface area contributed by atoms with Crippen molar-refractivity contribution in [3.05, 3.63) is 23.6 Å². The molecule has 0 aromatic rings. The van der Waals surface area contributed by atoms with E-state index in [-0.39, 0.29) is 0 Å². The summed E-state index contributed by atoms with van der Waals surface area (Å²) in [5.41, 5.74) is 2.84. The van der Waals surface area contributed by atoms with Crippen molar-refractivity contribution in [2.45, 2.75) is 25.3 Å². The van der Waals surface area contributed by atoms with E-state index in [9.17, 15) is 0 Å². The zero-order valence-corrected chi connectivity index (χ0v) is 11.7. The molecule has 0 radical (unpaired) electrons. The van der Waals surface area contributed by atoms with Crippen LogP contribution in [0.25, 0.3) is 0 Å². The van der Waals surface area contributed by atoms with Gasteiger partial charge in [0.1, 0.15) is 5.76 Å². The van der Waals surface area contributed by atoms with Gasteiger partial charge in [0.25, 0.3) is 0 Å². The molecule has 1 unspecified atom stereocenters. The van der Waals surface area contributed by atoms with Gasteiger partial charge >= 0.3 is 0 Å². The molecule has 0 bridgehead atoms. The SMILES string of the molecule is C=NC1=C(C(=C)OC)CC(N2CC3(CNC3)C2)CC1. The molecule has 0 aromatic carbocycles. The number of nitrogens with one attached hydrogen (secondary N) is 1. The highest BCUT2D eigenvalue weighted by atomic mass is 16.5. The lowest BCUT2D eigenvalue weighted by Gasteiger charge is -2.59. The maximum atomic E-state index is 5.31. The monoisotopic (exact) mass is 261 g/mol. The van der Waals surface area contributed by atoms with Crippen LogP contribution >= 0.6 is 0 Å². The van der Waals surface area contributed by atoms with Crippen molar-refractivity contribution in [2.24, 2.45) is 10.4 Å². The summed E-state index contributed by atoms with van der Waals surface area (Å²) in [4.78, 5) is 6.77. The number of aliphatic imine (C=N–C) groups is 1. The molecule has 3 aliphatic rings. The first-order chi connectivity index (χ1) is 9.17. The van der Waals surface area contributed by atoms with Crippen molar-refractivity contribution in [1.29, 1.82) is 0 Å². The Labute approximate surface area is 115 Å². The van der Waals surface area contributed by atoms with Crippen LogP contribution in [-0.4, -0.2) is 50.9 Å². The van der Waals surface area contributed by atoms with Crippen molar-refractivity contribution in [3.8, 4) is 0 Å². The van der Waals surface area contributed by atoms with Crippen LogP contribution in [0.2, 0.25) is 0 Å². The normalized spacial score (nSPS) is 29.6. The fourth-order valence-electron chi connectivity index (χ4n) is 3.57. The third-order valence-corrected chi connectivity index (χ3v) is 4.87. The predicted octanol–water partition coefficient (Wildman–Crippen LogP) is 1.56. The molecule has 3 rings (SSSR count). The molecule has 2 fully saturated rings. The molecule has 4 heteroatoms. The van der Waals surface area contributed by atoms with E-state index in [0.717, 1.165) is 24.3 Å². The molecule has 0 amide bonds. The van der Waals surface area contributed by atoms with Gasteiger partial charge in [-0.1, -0.05) is 6.58 Å². The summed E-state index contributed by atoms with van der Waals surface area (Å²) in [7, 11) is 1.68. The highest BCUT2D eigenvalue weighted by molar-refractivity contribution is 5.38. The van der Waals surface area contributed by atoms with Crippen LogP contribution < -0.4 is 5.32 Å². The minimum absolute atomic E-state index is 0.596. The van der Waals surface area contributed by atoms with Crippen molar-refractivity contribution >= 4 is 6.72 Å². The third-order valence-electron chi connectivity index (χ3n) is 4.87. The van der Waals surface area contributed by atoms with Crippen LogP contribution in [0, 0.1) is 5.41 Å². The predicted molar refractivity (Wildman–Crippen MR) is 77.2 cm³/mol. The average Bonchev–Trinajstić information content (AvgIpc) is 2.34. The van der Waals surface area contributed by atoms with E-state index in [4.69, 9.17) is 4.74 Å². The van der Waals surface area contributed by atoms with E-state index >= 15 is 0 Å². The Hall–Kier alpha value is -1.13. The van der Waals surface area contributed by atoms with Crippen LogP contribution in [0.5, 0.6) is 0 Å². The molecule has 19 heavy (non-hydrogen) atoms. The first kappa shape index (κ1) is 12.9. The average molecular weight is 261 g/mol. The number of methoxy groups -OCH3 is 1. The van der Waals surface area contributed by atoms with Crippen LogP contribution in [0.3, 0.4) is 0 Å². The van der Waals surface area contributed by atoms with Gasteiger partial charge in [-0.25, -0.2) is 0 Å². The van der Waals surface area contributed by atoms with Crippen molar-refractivity contribution < 1.29 is 4.74 Å². The maximum absolute atomic E-state index is 5.31. The summed E-state index contributed by atoms with van der Waals surface area (Å²) < 4.78 is 5.31. The molecule has 1 spiro atoms. The number of nitrogens with zero attached hydrogens (tertiary/aromatic N) is 2. The van der Waals surface area contributed by atoms with Gasteiger partial charge in [0.05, 0.1) is 7.11 Å². The molecule has 0 saturated carbocycles. The number of likely N-dealkylation sites (tertiary alicyclic amines) is 1. The van der Waals surface area contributed by atoms with Gasteiger partial charge in [-0.3, -0.25) is 9.89 Å². The fourth-order valence-corrected chi connectivity index (χ4v) is 3.57. The number of rotatable bonds is 4. The van der Waals surface area contributed by atoms with Gasteiger partial charge in [0.2, 0.25) is 0 Å². The second kappa shape index (κ2) is 4.76. The van der Waals surface area contributed by atoms with Crippen LogP contribution in [0.15, 0.2) is 28.6 Å². The Morgan fingerprint density at radius 3 is 2.74 bits per heavy atom. The standard InChI is InChI=1S/C15H23N3O/c1-11(19-3)13-6-12(4-5-14(13)16-2)18-9-15(10-18)7-17-8-15/h12,17H,1-2,4-10H2,3H3. The van der Waals surface area contributed by atoms with E-state index in [0.29, 0.717) is 11.5 Å². The van der Waals surface area contributed by atoms with E-state index in [2.05, 4.69) is 28.5 Å². The highest BCUT2D eigenvalue weighted by Crippen LogP contribution is 2.40. The Bertz CT molecular complexity index is 429. The molecule has 2 heterocycles. The van der Waals surface area contributed by atoms with Gasteiger partial charge in [-0.2, -0.15) is 0 Å². The lowest BCUT2D eigenvalue weighted by molar-refractivity contribution is -0.0675. The molecule has 1 atom stereocenters. The lowest BCUT2D eigenvalue weighted by atomic mass is 9.72.